The Kier molecular flexibility index (Phi) is 13.3. The van der Waals surface area contributed by atoms with E-state index in [4.69, 9.17) is 0 Å². The molecule has 0 nitrogen and oxygen atoms in total. The Hall–Kier alpha value is -0.790. The van der Waals surface area contributed by atoms with E-state index in [1.807, 2.05) is 0 Å². The number of hydrogen-bond donors (Lipinski definition) is 0. The molecule has 26 heavy (non-hydrogen) atoms. The molecule has 0 saturated carbocycles. The summed E-state index contributed by atoms with van der Waals surface area (Å²) < 4.78 is 0. The molecular formula is C22H23Cl2SiZr-3. The third kappa shape index (κ3) is 5.60. The summed E-state index contributed by atoms with van der Waals surface area (Å²) in [5.74, 6) is 0. The molecule has 4 aromatic carbocycles. The molecule has 0 N–H and O–H groups in total. The van der Waals surface area contributed by atoms with E-state index in [-0.39, 0.29) is 39.7 Å². The van der Waals surface area contributed by atoms with Crippen LogP contribution in [0.4, 0.5) is 0 Å². The van der Waals surface area contributed by atoms with Gasteiger partial charge in [0.15, 0.2) is 0 Å². The average molecular weight is 478 g/mol. The van der Waals surface area contributed by atoms with Crippen molar-refractivity contribution in [3.8, 4) is 11.1 Å². The Bertz CT molecular complexity index is 947. The average Bonchev–Trinajstić information content (AvgIpc) is 2.96. The third-order valence-corrected chi connectivity index (χ3v) is 3.96. The van der Waals surface area contributed by atoms with Crippen LogP contribution < -0.4 is 0 Å². The minimum atomic E-state index is 0. The van der Waals surface area contributed by atoms with Crippen molar-refractivity contribution in [1.29, 1.82) is 0 Å². The molecular weight excluding hydrogens is 454 g/mol. The Morgan fingerprint density at radius 3 is 2.12 bits per heavy atom. The first-order valence-electron chi connectivity index (χ1n) is 7.21. The second-order valence-electron chi connectivity index (χ2n) is 5.40. The maximum absolute atomic E-state index is 3.06. The van der Waals surface area contributed by atoms with E-state index >= 15 is 0 Å². The van der Waals surface area contributed by atoms with Crippen LogP contribution in [0.1, 0.15) is 5.56 Å². The molecule has 0 unspecified atom stereocenters. The zero-order valence-electron chi connectivity index (χ0n) is 15.2. The van der Waals surface area contributed by atoms with Gasteiger partial charge in [0, 0.05) is 0 Å². The SMILES string of the molecule is Cc1cc2c(-c3ccc4ccccc4c3)cccc2[cH-]1.Cl.Cl.[CH3-].[CH3-].[Si]=[Zr]. The summed E-state index contributed by atoms with van der Waals surface area (Å²) in [7, 11) is 0. The molecule has 4 rings (SSSR count). The second-order valence-corrected chi connectivity index (χ2v) is 5.40. The van der Waals surface area contributed by atoms with Crippen LogP contribution in [0.2, 0.25) is 0 Å². The molecule has 0 saturated heterocycles. The van der Waals surface area contributed by atoms with E-state index in [9.17, 15) is 0 Å². The van der Waals surface area contributed by atoms with Gasteiger partial charge in [-0.15, -0.1) is 59.3 Å². The van der Waals surface area contributed by atoms with Gasteiger partial charge >= 0.3 is 30.2 Å². The predicted octanol–water partition coefficient (Wildman–Crippen LogP) is 7.05. The molecule has 0 amide bonds. The van der Waals surface area contributed by atoms with Crippen molar-refractivity contribution in [1.82, 2.24) is 0 Å². The van der Waals surface area contributed by atoms with Crippen molar-refractivity contribution in [3.05, 3.63) is 93.2 Å². The van der Waals surface area contributed by atoms with E-state index in [2.05, 4.69) is 86.6 Å². The van der Waals surface area contributed by atoms with Gasteiger partial charge < -0.3 is 14.9 Å². The summed E-state index contributed by atoms with van der Waals surface area (Å²) in [5.41, 5.74) is 3.94. The van der Waals surface area contributed by atoms with Crippen LogP contribution in [0, 0.1) is 21.8 Å². The number of benzene rings is 3. The van der Waals surface area contributed by atoms with Crippen molar-refractivity contribution in [3.63, 3.8) is 0 Å². The van der Waals surface area contributed by atoms with Crippen LogP contribution in [-0.2, 0) is 23.3 Å². The molecule has 4 aromatic rings. The van der Waals surface area contributed by atoms with Crippen LogP contribution in [0.5, 0.6) is 0 Å². The summed E-state index contributed by atoms with van der Waals surface area (Å²) >= 11 is 1.36. The van der Waals surface area contributed by atoms with Crippen molar-refractivity contribution in [2.24, 2.45) is 0 Å². The van der Waals surface area contributed by atoms with Gasteiger partial charge in [0.1, 0.15) is 0 Å². The van der Waals surface area contributed by atoms with Crippen LogP contribution in [-0.4, -0.2) is 6.88 Å². The summed E-state index contributed by atoms with van der Waals surface area (Å²) in [4.78, 5) is 0. The number of aryl methyl sites for hydroxylation is 1. The van der Waals surface area contributed by atoms with Crippen molar-refractivity contribution in [2.75, 3.05) is 0 Å². The van der Waals surface area contributed by atoms with E-state index < -0.39 is 0 Å². The van der Waals surface area contributed by atoms with Crippen molar-refractivity contribution < 1.29 is 23.3 Å². The fourth-order valence-corrected chi connectivity index (χ4v) is 2.99. The summed E-state index contributed by atoms with van der Waals surface area (Å²) in [6.07, 6.45) is 0. The van der Waals surface area contributed by atoms with Gasteiger partial charge in [-0.3, -0.25) is 0 Å². The maximum atomic E-state index is 3.06. The van der Waals surface area contributed by atoms with Crippen molar-refractivity contribution >= 4 is 53.2 Å². The summed E-state index contributed by atoms with van der Waals surface area (Å²) in [6, 6.07) is 26.3. The number of fused-ring (bicyclic) bond motifs is 2. The second kappa shape index (κ2) is 12.6. The number of rotatable bonds is 1. The first-order valence-corrected chi connectivity index (χ1v) is 11.4. The summed E-state index contributed by atoms with van der Waals surface area (Å²) in [6.45, 7) is 5.22. The Balaban J connectivity index is 0. The number of halogens is 2. The Morgan fingerprint density at radius 2 is 1.42 bits per heavy atom. The Morgan fingerprint density at radius 1 is 0.769 bits per heavy atom. The van der Waals surface area contributed by atoms with Gasteiger partial charge in [-0.1, -0.05) is 55.0 Å². The summed E-state index contributed by atoms with van der Waals surface area (Å²) in [5, 5.41) is 5.26. The standard InChI is InChI=1S/C20H15.2CH3.2ClH.Si.Zr/c1-14-11-17-7-4-8-19(20(17)12-14)18-10-9-15-5-2-3-6-16(15)13-18;;;;;;/h2-13H,1H3;2*1H3;2*1H;;/q3*-1;;;;. The molecule has 0 spiro atoms. The van der Waals surface area contributed by atoms with Gasteiger partial charge in [0.25, 0.3) is 0 Å². The first kappa shape index (κ1) is 27.4. The van der Waals surface area contributed by atoms with Gasteiger partial charge in [-0.25, -0.2) is 0 Å². The van der Waals surface area contributed by atoms with Crippen molar-refractivity contribution in [2.45, 2.75) is 6.92 Å². The van der Waals surface area contributed by atoms with Crippen LogP contribution in [0.3, 0.4) is 0 Å². The molecule has 0 fully saturated rings. The molecule has 2 radical (unpaired) electrons. The molecule has 4 heteroatoms. The number of hydrogen-bond acceptors (Lipinski definition) is 0. The molecule has 0 aliphatic heterocycles. The van der Waals surface area contributed by atoms with Gasteiger partial charge in [0.2, 0.25) is 0 Å². The molecule has 136 valence electrons. The first-order chi connectivity index (χ1) is 10.8. The van der Waals surface area contributed by atoms with Crippen LogP contribution in [0.15, 0.2) is 72.8 Å². The molecule has 0 atom stereocenters. The van der Waals surface area contributed by atoms with Gasteiger partial charge in [0.05, 0.1) is 0 Å². The van der Waals surface area contributed by atoms with E-state index in [0.717, 1.165) is 0 Å². The van der Waals surface area contributed by atoms with E-state index in [1.165, 1.54) is 61.6 Å². The molecule has 0 aliphatic rings. The Labute approximate surface area is 186 Å². The fourth-order valence-electron chi connectivity index (χ4n) is 2.99. The fraction of sp³-hybridized carbons (Fsp3) is 0.0455. The monoisotopic (exact) mass is 475 g/mol. The zero-order valence-corrected chi connectivity index (χ0v) is 20.3. The van der Waals surface area contributed by atoms with Gasteiger partial charge in [-0.05, 0) is 22.4 Å². The predicted molar refractivity (Wildman–Crippen MR) is 120 cm³/mol. The molecule has 0 heterocycles. The zero-order chi connectivity index (χ0) is 15.5. The molecule has 0 aliphatic carbocycles. The molecule has 0 aromatic heterocycles. The van der Waals surface area contributed by atoms with Gasteiger partial charge in [-0.2, -0.15) is 6.07 Å². The molecule has 0 bridgehead atoms. The minimum absolute atomic E-state index is 0. The normalized spacial score (nSPS) is 8.77. The van der Waals surface area contributed by atoms with E-state index in [0.29, 0.717) is 0 Å². The topological polar surface area (TPSA) is 0 Å². The quantitative estimate of drug-likeness (QED) is 0.204. The third-order valence-electron chi connectivity index (χ3n) is 3.96. The van der Waals surface area contributed by atoms with E-state index in [1.54, 1.807) is 0 Å². The van der Waals surface area contributed by atoms with Crippen LogP contribution in [0.25, 0.3) is 32.7 Å². The van der Waals surface area contributed by atoms with Crippen LogP contribution >= 0.6 is 24.8 Å².